The van der Waals surface area contributed by atoms with Crippen LogP contribution in [0.25, 0.3) is 0 Å². The average Bonchev–Trinajstić information content (AvgIpc) is 2.76. The summed E-state index contributed by atoms with van der Waals surface area (Å²) >= 11 is 0. The zero-order valence-corrected chi connectivity index (χ0v) is 17.4. The molecule has 1 amide bonds. The van der Waals surface area contributed by atoms with Crippen molar-refractivity contribution in [3.63, 3.8) is 0 Å². The van der Waals surface area contributed by atoms with Crippen LogP contribution in [0.2, 0.25) is 0 Å². The van der Waals surface area contributed by atoms with Crippen LogP contribution >= 0.6 is 0 Å². The van der Waals surface area contributed by atoms with Gasteiger partial charge in [-0.25, -0.2) is 9.97 Å². The zero-order chi connectivity index (χ0) is 20.5. The molecular weight excluding hydrogens is 362 g/mol. The van der Waals surface area contributed by atoms with Crippen molar-refractivity contribution >= 4 is 23.1 Å². The highest BCUT2D eigenvalue weighted by Gasteiger charge is 2.10. The first-order valence-electron chi connectivity index (χ1n) is 10.6. The van der Waals surface area contributed by atoms with Crippen LogP contribution in [-0.4, -0.2) is 35.5 Å². The summed E-state index contributed by atoms with van der Waals surface area (Å²) in [7, 11) is 0. The Morgan fingerprint density at radius 2 is 1.90 bits per heavy atom. The molecule has 1 aliphatic rings. The number of rotatable bonds is 9. The molecule has 1 aliphatic carbocycles. The monoisotopic (exact) mass is 393 g/mol. The minimum Gasteiger partial charge on any atom is -0.372 e. The lowest BCUT2D eigenvalue weighted by molar-refractivity contribution is 0.0949. The van der Waals surface area contributed by atoms with Crippen molar-refractivity contribution in [1.29, 1.82) is 0 Å². The molecule has 3 rings (SSSR count). The largest absolute Gasteiger partial charge is 0.372 e. The van der Waals surface area contributed by atoms with Gasteiger partial charge in [-0.05, 0) is 70.2 Å². The number of hydrogen-bond donors (Lipinski definition) is 2. The van der Waals surface area contributed by atoms with Crippen LogP contribution in [0.3, 0.4) is 0 Å². The second-order valence-corrected chi connectivity index (χ2v) is 7.25. The minimum atomic E-state index is -0.163. The molecule has 0 saturated heterocycles. The fourth-order valence-electron chi connectivity index (χ4n) is 3.60. The molecule has 154 valence electrons. The minimum absolute atomic E-state index is 0.163. The molecule has 0 radical (unpaired) electrons. The van der Waals surface area contributed by atoms with E-state index in [9.17, 15) is 4.79 Å². The van der Waals surface area contributed by atoms with E-state index in [0.29, 0.717) is 18.1 Å². The molecule has 2 N–H and O–H groups in total. The molecule has 0 atom stereocenters. The quantitative estimate of drug-likeness (QED) is 0.605. The highest BCUT2D eigenvalue weighted by Crippen LogP contribution is 2.21. The lowest BCUT2D eigenvalue weighted by atomic mass is 9.97. The smallest absolute Gasteiger partial charge is 0.270 e. The first-order chi connectivity index (χ1) is 14.2. The summed E-state index contributed by atoms with van der Waals surface area (Å²) in [6.07, 6.45) is 9.52. The van der Waals surface area contributed by atoms with Gasteiger partial charge in [-0.2, -0.15) is 0 Å². The van der Waals surface area contributed by atoms with Crippen LogP contribution in [0.1, 0.15) is 56.4 Å². The van der Waals surface area contributed by atoms with Crippen LogP contribution in [0.5, 0.6) is 0 Å². The van der Waals surface area contributed by atoms with Crippen molar-refractivity contribution in [2.24, 2.45) is 0 Å². The number of anilines is 3. The number of nitrogens with zero attached hydrogens (tertiary/aromatic N) is 3. The Morgan fingerprint density at radius 1 is 1.10 bits per heavy atom. The van der Waals surface area contributed by atoms with Gasteiger partial charge in [0, 0.05) is 37.1 Å². The summed E-state index contributed by atoms with van der Waals surface area (Å²) in [5, 5.41) is 6.22. The van der Waals surface area contributed by atoms with E-state index in [1.54, 1.807) is 6.07 Å². The van der Waals surface area contributed by atoms with Gasteiger partial charge in [0.1, 0.15) is 17.8 Å². The van der Waals surface area contributed by atoms with E-state index in [0.717, 1.165) is 31.6 Å². The van der Waals surface area contributed by atoms with E-state index in [4.69, 9.17) is 0 Å². The summed E-state index contributed by atoms with van der Waals surface area (Å²) < 4.78 is 0. The zero-order valence-electron chi connectivity index (χ0n) is 17.4. The van der Waals surface area contributed by atoms with Gasteiger partial charge in [0.25, 0.3) is 5.91 Å². The molecule has 29 heavy (non-hydrogen) atoms. The SMILES string of the molecule is CCN(CC)c1ccc(Nc2cc(C(=O)NCCC3=CCCCC3)ncn2)cc1. The van der Waals surface area contributed by atoms with Gasteiger partial charge in [0.2, 0.25) is 0 Å². The molecule has 0 spiro atoms. The van der Waals surface area contributed by atoms with Crippen molar-refractivity contribution in [1.82, 2.24) is 15.3 Å². The van der Waals surface area contributed by atoms with Crippen LogP contribution in [-0.2, 0) is 0 Å². The Balaban J connectivity index is 1.56. The van der Waals surface area contributed by atoms with Gasteiger partial charge in [-0.1, -0.05) is 11.6 Å². The molecular formula is C23H31N5O. The number of aromatic nitrogens is 2. The first-order valence-corrected chi connectivity index (χ1v) is 10.6. The van der Waals surface area contributed by atoms with Gasteiger partial charge in [0.15, 0.2) is 0 Å². The summed E-state index contributed by atoms with van der Waals surface area (Å²) in [5.74, 6) is 0.444. The third-order valence-electron chi connectivity index (χ3n) is 5.28. The van der Waals surface area contributed by atoms with E-state index in [2.05, 4.69) is 57.6 Å². The molecule has 0 fully saturated rings. The van der Waals surface area contributed by atoms with Crippen LogP contribution < -0.4 is 15.5 Å². The van der Waals surface area contributed by atoms with Crippen molar-refractivity contribution in [2.45, 2.75) is 46.0 Å². The highest BCUT2D eigenvalue weighted by molar-refractivity contribution is 5.92. The van der Waals surface area contributed by atoms with Crippen molar-refractivity contribution < 1.29 is 4.79 Å². The Labute approximate surface area is 173 Å². The van der Waals surface area contributed by atoms with Crippen molar-refractivity contribution in [2.75, 3.05) is 29.9 Å². The number of allylic oxidation sites excluding steroid dienone is 1. The molecule has 2 aromatic rings. The Bertz CT molecular complexity index is 827. The summed E-state index contributed by atoms with van der Waals surface area (Å²) in [4.78, 5) is 23.1. The second kappa shape index (κ2) is 10.6. The van der Waals surface area contributed by atoms with Crippen molar-refractivity contribution in [3.8, 4) is 0 Å². The van der Waals surface area contributed by atoms with Crippen molar-refractivity contribution in [3.05, 3.63) is 54.0 Å². The third-order valence-corrected chi connectivity index (χ3v) is 5.28. The van der Waals surface area contributed by atoms with E-state index in [1.165, 1.54) is 36.9 Å². The molecule has 6 heteroatoms. The van der Waals surface area contributed by atoms with Crippen LogP contribution in [0, 0.1) is 0 Å². The fourth-order valence-corrected chi connectivity index (χ4v) is 3.60. The predicted molar refractivity (Wildman–Crippen MR) is 119 cm³/mol. The van der Waals surface area contributed by atoms with Gasteiger partial charge in [-0.3, -0.25) is 4.79 Å². The topological polar surface area (TPSA) is 70.2 Å². The maximum Gasteiger partial charge on any atom is 0.270 e. The number of carbonyl (C=O) groups excluding carboxylic acids is 1. The van der Waals surface area contributed by atoms with E-state index >= 15 is 0 Å². The molecule has 1 aromatic heterocycles. The molecule has 1 heterocycles. The Morgan fingerprint density at radius 3 is 2.59 bits per heavy atom. The van der Waals surface area contributed by atoms with Crippen LogP contribution in [0.4, 0.5) is 17.2 Å². The molecule has 0 aliphatic heterocycles. The summed E-state index contributed by atoms with van der Waals surface area (Å²) in [6.45, 7) is 6.89. The first kappa shape index (κ1) is 20.8. The molecule has 0 unspecified atom stereocenters. The maximum atomic E-state index is 12.4. The molecule has 0 bridgehead atoms. The Hall–Kier alpha value is -2.89. The number of carbonyl (C=O) groups is 1. The Kier molecular flexibility index (Phi) is 7.61. The lowest BCUT2D eigenvalue weighted by Gasteiger charge is -2.21. The molecule has 1 aromatic carbocycles. The normalized spacial score (nSPS) is 13.5. The lowest BCUT2D eigenvalue weighted by Crippen LogP contribution is -2.26. The molecule has 0 saturated carbocycles. The van der Waals surface area contributed by atoms with Gasteiger partial charge in [0.05, 0.1) is 0 Å². The van der Waals surface area contributed by atoms with Gasteiger partial charge >= 0.3 is 0 Å². The van der Waals surface area contributed by atoms with Gasteiger partial charge < -0.3 is 15.5 Å². The van der Waals surface area contributed by atoms with Crippen LogP contribution in [0.15, 0.2) is 48.3 Å². The maximum absolute atomic E-state index is 12.4. The summed E-state index contributed by atoms with van der Waals surface area (Å²) in [5.41, 5.74) is 3.95. The average molecular weight is 394 g/mol. The number of nitrogens with one attached hydrogen (secondary N) is 2. The summed E-state index contributed by atoms with van der Waals surface area (Å²) in [6, 6.07) is 9.91. The number of hydrogen-bond acceptors (Lipinski definition) is 5. The van der Waals surface area contributed by atoms with E-state index in [-0.39, 0.29) is 5.91 Å². The number of benzene rings is 1. The number of amides is 1. The third kappa shape index (κ3) is 6.04. The fraction of sp³-hybridized carbons (Fsp3) is 0.435. The predicted octanol–water partition coefficient (Wildman–Crippen LogP) is 4.69. The van der Waals surface area contributed by atoms with Gasteiger partial charge in [-0.15, -0.1) is 0 Å². The second-order valence-electron chi connectivity index (χ2n) is 7.25. The van der Waals surface area contributed by atoms with E-state index < -0.39 is 0 Å². The molecule has 6 nitrogen and oxygen atoms in total. The highest BCUT2D eigenvalue weighted by atomic mass is 16.1. The van der Waals surface area contributed by atoms with E-state index in [1.807, 2.05) is 12.1 Å². The standard InChI is InChI=1S/C23H31N5O/c1-3-28(4-2)20-12-10-19(11-13-20)27-22-16-21(25-17-26-22)23(29)24-15-14-18-8-6-5-7-9-18/h8,10-13,16-17H,3-7,9,14-15H2,1-2H3,(H,24,29)(H,25,26,27).